The molecule has 1 fully saturated rings. The summed E-state index contributed by atoms with van der Waals surface area (Å²) in [5.41, 5.74) is 1.97. The molecule has 0 saturated carbocycles. The number of benzene rings is 1. The SMILES string of the molecule is Cc1ccc(N(CC(=O)N2CCCCC2)C(=O)C[C@@H]2C=CCC2)cc1. The summed E-state index contributed by atoms with van der Waals surface area (Å²) in [6.45, 7) is 3.82. The molecule has 4 nitrogen and oxygen atoms in total. The minimum atomic E-state index is 0.0470. The highest BCUT2D eigenvalue weighted by atomic mass is 16.2. The van der Waals surface area contributed by atoms with E-state index in [-0.39, 0.29) is 18.4 Å². The van der Waals surface area contributed by atoms with Gasteiger partial charge in [0.15, 0.2) is 0 Å². The standard InChI is InChI=1S/C21H28N2O2/c1-17-9-11-19(12-10-17)23(20(24)15-18-7-3-4-8-18)16-21(25)22-13-5-2-6-14-22/h3,7,9-12,18H,2,4-6,8,13-16H2,1H3/t18-/m1/s1. The summed E-state index contributed by atoms with van der Waals surface area (Å²) in [7, 11) is 0. The molecule has 2 amide bonds. The number of piperidine rings is 1. The lowest BCUT2D eigenvalue weighted by Crippen LogP contribution is -2.45. The fourth-order valence-electron chi connectivity index (χ4n) is 3.63. The topological polar surface area (TPSA) is 40.6 Å². The molecule has 1 atom stereocenters. The van der Waals surface area contributed by atoms with Crippen LogP contribution in [0.5, 0.6) is 0 Å². The molecule has 1 aliphatic carbocycles. The molecule has 0 N–H and O–H groups in total. The number of aryl methyl sites for hydroxylation is 1. The van der Waals surface area contributed by atoms with Gasteiger partial charge in [-0.15, -0.1) is 0 Å². The number of carbonyl (C=O) groups excluding carboxylic acids is 2. The second-order valence-electron chi connectivity index (χ2n) is 7.23. The molecule has 1 aliphatic heterocycles. The van der Waals surface area contributed by atoms with Crippen LogP contribution in [0.4, 0.5) is 5.69 Å². The Kier molecular flexibility index (Phi) is 5.90. The van der Waals surface area contributed by atoms with Gasteiger partial charge in [-0.1, -0.05) is 29.8 Å². The van der Waals surface area contributed by atoms with Gasteiger partial charge in [0.05, 0.1) is 0 Å². The first-order valence-electron chi connectivity index (χ1n) is 9.45. The third-order valence-corrected chi connectivity index (χ3v) is 5.20. The van der Waals surface area contributed by atoms with Gasteiger partial charge in [0.1, 0.15) is 6.54 Å². The molecule has 25 heavy (non-hydrogen) atoms. The van der Waals surface area contributed by atoms with Gasteiger partial charge in [-0.2, -0.15) is 0 Å². The Labute approximate surface area is 150 Å². The largest absolute Gasteiger partial charge is 0.341 e. The molecule has 4 heteroatoms. The van der Waals surface area contributed by atoms with Gasteiger partial charge in [0, 0.05) is 25.2 Å². The third-order valence-electron chi connectivity index (χ3n) is 5.20. The van der Waals surface area contributed by atoms with Crippen molar-refractivity contribution >= 4 is 17.5 Å². The van der Waals surface area contributed by atoms with Gasteiger partial charge in [0.2, 0.25) is 11.8 Å². The van der Waals surface area contributed by atoms with E-state index in [4.69, 9.17) is 0 Å². The van der Waals surface area contributed by atoms with Crippen molar-refractivity contribution < 1.29 is 9.59 Å². The molecule has 3 rings (SSSR count). The van der Waals surface area contributed by atoms with Crippen molar-refractivity contribution in [3.8, 4) is 0 Å². The Morgan fingerprint density at radius 3 is 2.48 bits per heavy atom. The van der Waals surface area contributed by atoms with Crippen LogP contribution >= 0.6 is 0 Å². The lowest BCUT2D eigenvalue weighted by atomic mass is 10.0. The first-order valence-corrected chi connectivity index (χ1v) is 9.45. The van der Waals surface area contributed by atoms with Crippen LogP contribution in [0.3, 0.4) is 0 Å². The average Bonchev–Trinajstić information content (AvgIpc) is 3.14. The maximum Gasteiger partial charge on any atom is 0.242 e. The third kappa shape index (κ3) is 4.71. The molecule has 0 aromatic heterocycles. The summed E-state index contributed by atoms with van der Waals surface area (Å²) < 4.78 is 0. The average molecular weight is 340 g/mol. The molecule has 134 valence electrons. The van der Waals surface area contributed by atoms with E-state index in [1.807, 2.05) is 36.1 Å². The summed E-state index contributed by atoms with van der Waals surface area (Å²) in [6, 6.07) is 7.88. The van der Waals surface area contributed by atoms with Crippen molar-refractivity contribution in [2.45, 2.75) is 45.4 Å². The number of amides is 2. The number of rotatable bonds is 5. The number of allylic oxidation sites excluding steroid dienone is 2. The maximum atomic E-state index is 12.9. The Bertz CT molecular complexity index is 630. The number of carbonyl (C=O) groups is 2. The number of likely N-dealkylation sites (tertiary alicyclic amines) is 1. The molecule has 1 aromatic carbocycles. The van der Waals surface area contributed by atoms with Crippen molar-refractivity contribution in [2.75, 3.05) is 24.5 Å². The van der Waals surface area contributed by atoms with Crippen LogP contribution in [0, 0.1) is 12.8 Å². The first-order chi connectivity index (χ1) is 12.1. The molecule has 0 radical (unpaired) electrons. The Balaban J connectivity index is 1.73. The highest BCUT2D eigenvalue weighted by molar-refractivity contribution is 5.99. The lowest BCUT2D eigenvalue weighted by Gasteiger charge is -2.30. The zero-order valence-corrected chi connectivity index (χ0v) is 15.1. The van der Waals surface area contributed by atoms with Gasteiger partial charge in [-0.25, -0.2) is 0 Å². The number of hydrogen-bond acceptors (Lipinski definition) is 2. The molecular weight excluding hydrogens is 312 g/mol. The van der Waals surface area contributed by atoms with Crippen molar-refractivity contribution in [3.63, 3.8) is 0 Å². The van der Waals surface area contributed by atoms with Crippen LogP contribution < -0.4 is 4.90 Å². The van der Waals surface area contributed by atoms with Crippen molar-refractivity contribution in [1.82, 2.24) is 4.90 Å². The summed E-state index contributed by atoms with van der Waals surface area (Å²) in [5, 5.41) is 0. The number of hydrogen-bond donors (Lipinski definition) is 0. The number of anilines is 1. The van der Waals surface area contributed by atoms with Gasteiger partial charge in [0.25, 0.3) is 0 Å². The molecule has 2 aliphatic rings. The fourth-order valence-corrected chi connectivity index (χ4v) is 3.63. The summed E-state index contributed by atoms with van der Waals surface area (Å²) >= 11 is 0. The van der Waals surface area contributed by atoms with Crippen LogP contribution in [0.2, 0.25) is 0 Å². The molecule has 1 heterocycles. The highest BCUT2D eigenvalue weighted by Crippen LogP contribution is 2.24. The second kappa shape index (κ2) is 8.32. The summed E-state index contributed by atoms with van der Waals surface area (Å²) in [5.74, 6) is 0.423. The number of nitrogens with zero attached hydrogens (tertiary/aromatic N) is 2. The molecule has 0 bridgehead atoms. The van der Waals surface area contributed by atoms with E-state index in [0.717, 1.165) is 50.0 Å². The van der Waals surface area contributed by atoms with Crippen molar-refractivity contribution in [1.29, 1.82) is 0 Å². The predicted octanol–water partition coefficient (Wildman–Crippen LogP) is 3.70. The van der Waals surface area contributed by atoms with Gasteiger partial charge < -0.3 is 9.80 Å². The van der Waals surface area contributed by atoms with Gasteiger partial charge >= 0.3 is 0 Å². The fraction of sp³-hybridized carbons (Fsp3) is 0.524. The predicted molar refractivity (Wildman–Crippen MR) is 100 cm³/mol. The van der Waals surface area contributed by atoms with E-state index in [9.17, 15) is 9.59 Å². The Morgan fingerprint density at radius 2 is 1.84 bits per heavy atom. The molecule has 1 aromatic rings. The lowest BCUT2D eigenvalue weighted by molar-refractivity contribution is -0.132. The van der Waals surface area contributed by atoms with Crippen LogP contribution in [0.15, 0.2) is 36.4 Å². The molecule has 0 unspecified atom stereocenters. The van der Waals surface area contributed by atoms with Crippen LogP contribution in [-0.4, -0.2) is 36.3 Å². The Morgan fingerprint density at radius 1 is 1.12 bits per heavy atom. The molecule has 1 saturated heterocycles. The van der Waals surface area contributed by atoms with Crippen LogP contribution in [0.25, 0.3) is 0 Å². The monoisotopic (exact) mass is 340 g/mol. The highest BCUT2D eigenvalue weighted by Gasteiger charge is 2.25. The zero-order chi connectivity index (χ0) is 17.6. The first kappa shape index (κ1) is 17.7. The minimum Gasteiger partial charge on any atom is -0.341 e. The Hall–Kier alpha value is -2.10. The molecular formula is C21H28N2O2. The van der Waals surface area contributed by atoms with E-state index < -0.39 is 0 Å². The van der Waals surface area contributed by atoms with E-state index in [1.54, 1.807) is 4.90 Å². The van der Waals surface area contributed by atoms with Crippen molar-refractivity contribution in [3.05, 3.63) is 42.0 Å². The quantitative estimate of drug-likeness (QED) is 0.767. The maximum absolute atomic E-state index is 12.9. The van der Waals surface area contributed by atoms with E-state index in [0.29, 0.717) is 12.3 Å². The van der Waals surface area contributed by atoms with E-state index in [2.05, 4.69) is 12.2 Å². The zero-order valence-electron chi connectivity index (χ0n) is 15.1. The normalized spacial score (nSPS) is 19.9. The second-order valence-corrected chi connectivity index (χ2v) is 7.23. The summed E-state index contributed by atoms with van der Waals surface area (Å²) in [6.07, 6.45) is 10.2. The smallest absolute Gasteiger partial charge is 0.242 e. The van der Waals surface area contributed by atoms with Gasteiger partial charge in [-0.3, -0.25) is 9.59 Å². The van der Waals surface area contributed by atoms with Crippen LogP contribution in [0.1, 0.15) is 44.1 Å². The van der Waals surface area contributed by atoms with E-state index in [1.165, 1.54) is 6.42 Å². The van der Waals surface area contributed by atoms with Gasteiger partial charge in [-0.05, 0) is 57.1 Å². The van der Waals surface area contributed by atoms with E-state index >= 15 is 0 Å². The summed E-state index contributed by atoms with van der Waals surface area (Å²) in [4.78, 5) is 29.2. The van der Waals surface area contributed by atoms with Crippen molar-refractivity contribution in [2.24, 2.45) is 5.92 Å². The van der Waals surface area contributed by atoms with Crippen LogP contribution in [-0.2, 0) is 9.59 Å². The molecule has 0 spiro atoms. The minimum absolute atomic E-state index is 0.0470.